The SMILES string of the molecule is CCCn1c(SCc2nc(N)ccc2Cl)n[nH]c1=O. The van der Waals surface area contributed by atoms with Gasteiger partial charge in [-0.1, -0.05) is 30.3 Å². The van der Waals surface area contributed by atoms with Crippen molar-refractivity contribution >= 4 is 29.2 Å². The molecular weight excluding hydrogens is 286 g/mol. The fourth-order valence-corrected chi connectivity index (χ4v) is 2.75. The van der Waals surface area contributed by atoms with Gasteiger partial charge in [0.25, 0.3) is 0 Å². The van der Waals surface area contributed by atoms with E-state index in [4.69, 9.17) is 17.3 Å². The van der Waals surface area contributed by atoms with Gasteiger partial charge in [-0.05, 0) is 18.6 Å². The highest BCUT2D eigenvalue weighted by Crippen LogP contribution is 2.24. The molecule has 0 amide bonds. The molecule has 8 heteroatoms. The molecule has 102 valence electrons. The Labute approximate surface area is 119 Å². The van der Waals surface area contributed by atoms with Gasteiger partial charge in [-0.2, -0.15) is 0 Å². The maximum absolute atomic E-state index is 11.5. The van der Waals surface area contributed by atoms with E-state index in [-0.39, 0.29) is 5.69 Å². The number of thioether (sulfide) groups is 1. The van der Waals surface area contributed by atoms with Crippen LogP contribution in [0.5, 0.6) is 0 Å². The fourth-order valence-electron chi connectivity index (χ4n) is 1.57. The van der Waals surface area contributed by atoms with Crippen LogP contribution in [-0.2, 0) is 12.3 Å². The summed E-state index contributed by atoms with van der Waals surface area (Å²) in [7, 11) is 0. The average Bonchev–Trinajstić information content (AvgIpc) is 2.73. The molecule has 2 rings (SSSR count). The van der Waals surface area contributed by atoms with E-state index >= 15 is 0 Å². The lowest BCUT2D eigenvalue weighted by Crippen LogP contribution is -2.17. The third kappa shape index (κ3) is 3.30. The van der Waals surface area contributed by atoms with Crippen LogP contribution in [0.1, 0.15) is 19.0 Å². The lowest BCUT2D eigenvalue weighted by Gasteiger charge is -2.05. The van der Waals surface area contributed by atoms with Gasteiger partial charge in [-0.3, -0.25) is 4.57 Å². The van der Waals surface area contributed by atoms with E-state index in [0.29, 0.717) is 34.0 Å². The average molecular weight is 300 g/mol. The minimum Gasteiger partial charge on any atom is -0.384 e. The van der Waals surface area contributed by atoms with Gasteiger partial charge in [0.15, 0.2) is 5.16 Å². The van der Waals surface area contributed by atoms with Crippen LogP contribution in [0, 0.1) is 0 Å². The summed E-state index contributed by atoms with van der Waals surface area (Å²) in [5.74, 6) is 0.936. The number of nitrogen functional groups attached to an aromatic ring is 1. The number of rotatable bonds is 5. The molecule has 0 saturated carbocycles. The second kappa shape index (κ2) is 6.12. The molecule has 0 bridgehead atoms. The third-order valence-electron chi connectivity index (χ3n) is 2.45. The number of aromatic nitrogens is 4. The second-order valence-electron chi connectivity index (χ2n) is 3.92. The van der Waals surface area contributed by atoms with E-state index in [9.17, 15) is 4.79 Å². The Bertz CT molecular complexity index is 624. The van der Waals surface area contributed by atoms with Crippen molar-refractivity contribution < 1.29 is 0 Å². The number of nitrogens with one attached hydrogen (secondary N) is 1. The molecule has 0 aliphatic heterocycles. The number of hydrogen-bond donors (Lipinski definition) is 2. The normalized spacial score (nSPS) is 10.8. The summed E-state index contributed by atoms with van der Waals surface area (Å²) in [6.45, 7) is 2.64. The van der Waals surface area contributed by atoms with Crippen LogP contribution >= 0.6 is 23.4 Å². The smallest absolute Gasteiger partial charge is 0.343 e. The van der Waals surface area contributed by atoms with Crippen molar-refractivity contribution in [1.29, 1.82) is 0 Å². The van der Waals surface area contributed by atoms with Crippen molar-refractivity contribution in [1.82, 2.24) is 19.7 Å². The molecule has 0 aromatic carbocycles. The third-order valence-corrected chi connectivity index (χ3v) is 3.78. The van der Waals surface area contributed by atoms with Gasteiger partial charge in [0.05, 0.1) is 10.7 Å². The minimum absolute atomic E-state index is 0.198. The quantitative estimate of drug-likeness (QED) is 0.823. The predicted molar refractivity (Wildman–Crippen MR) is 76.4 cm³/mol. The van der Waals surface area contributed by atoms with E-state index in [2.05, 4.69) is 15.2 Å². The Morgan fingerprint density at radius 3 is 3.05 bits per heavy atom. The lowest BCUT2D eigenvalue weighted by atomic mass is 10.4. The van der Waals surface area contributed by atoms with Gasteiger partial charge >= 0.3 is 5.69 Å². The van der Waals surface area contributed by atoms with Crippen molar-refractivity contribution in [2.75, 3.05) is 5.73 Å². The number of nitrogens with two attached hydrogens (primary N) is 1. The second-order valence-corrected chi connectivity index (χ2v) is 5.27. The molecule has 3 N–H and O–H groups in total. The van der Waals surface area contributed by atoms with Crippen LogP contribution in [0.3, 0.4) is 0 Å². The van der Waals surface area contributed by atoms with E-state index in [1.165, 1.54) is 11.8 Å². The predicted octanol–water partition coefficient (Wildman–Crippen LogP) is 1.90. The molecule has 0 fully saturated rings. The highest BCUT2D eigenvalue weighted by molar-refractivity contribution is 7.98. The Morgan fingerprint density at radius 1 is 1.53 bits per heavy atom. The number of aromatic amines is 1. The first kappa shape index (κ1) is 14.0. The number of nitrogens with zero attached hydrogens (tertiary/aromatic N) is 3. The standard InChI is InChI=1S/C11H14ClN5OS/c1-2-5-17-10(18)15-16-11(17)19-6-8-7(12)3-4-9(13)14-8/h3-4H,2,5-6H2,1H3,(H2,13,14)(H,15,18). The highest BCUT2D eigenvalue weighted by Gasteiger charge is 2.10. The van der Waals surface area contributed by atoms with Gasteiger partial charge in [0.1, 0.15) is 5.82 Å². The largest absolute Gasteiger partial charge is 0.384 e. The molecule has 0 aliphatic carbocycles. The Morgan fingerprint density at radius 2 is 2.32 bits per heavy atom. The van der Waals surface area contributed by atoms with Crippen LogP contribution in [0.4, 0.5) is 5.82 Å². The molecular formula is C11H14ClN5OS. The lowest BCUT2D eigenvalue weighted by molar-refractivity contribution is 0.603. The van der Waals surface area contributed by atoms with Crippen LogP contribution in [-0.4, -0.2) is 19.7 Å². The molecule has 0 aliphatic rings. The molecule has 2 aromatic heterocycles. The molecule has 0 saturated heterocycles. The van der Waals surface area contributed by atoms with E-state index < -0.39 is 0 Å². The van der Waals surface area contributed by atoms with Gasteiger partial charge in [-0.15, -0.1) is 5.10 Å². The number of hydrogen-bond acceptors (Lipinski definition) is 5. The van der Waals surface area contributed by atoms with E-state index in [1.54, 1.807) is 16.7 Å². The maximum atomic E-state index is 11.5. The molecule has 0 unspecified atom stereocenters. The molecule has 0 radical (unpaired) electrons. The number of halogens is 1. The monoisotopic (exact) mass is 299 g/mol. The van der Waals surface area contributed by atoms with Crippen LogP contribution in [0.25, 0.3) is 0 Å². The van der Waals surface area contributed by atoms with E-state index in [1.807, 2.05) is 6.92 Å². The van der Waals surface area contributed by atoms with Crippen LogP contribution in [0.15, 0.2) is 22.1 Å². The van der Waals surface area contributed by atoms with Crippen molar-refractivity contribution in [3.63, 3.8) is 0 Å². The first-order valence-electron chi connectivity index (χ1n) is 5.80. The number of anilines is 1. The first-order valence-corrected chi connectivity index (χ1v) is 7.17. The van der Waals surface area contributed by atoms with Gasteiger partial charge in [0, 0.05) is 12.3 Å². The summed E-state index contributed by atoms with van der Waals surface area (Å²) < 4.78 is 1.60. The first-order chi connectivity index (χ1) is 9.11. The van der Waals surface area contributed by atoms with Crippen LogP contribution < -0.4 is 11.4 Å². The molecule has 2 aromatic rings. The number of H-pyrrole nitrogens is 1. The molecule has 19 heavy (non-hydrogen) atoms. The van der Waals surface area contributed by atoms with Gasteiger partial charge < -0.3 is 5.73 Å². The summed E-state index contributed by atoms with van der Waals surface area (Å²) >= 11 is 7.44. The zero-order chi connectivity index (χ0) is 13.8. The maximum Gasteiger partial charge on any atom is 0.343 e. The summed E-state index contributed by atoms with van der Waals surface area (Å²) in [6, 6.07) is 3.36. The molecule has 0 atom stereocenters. The summed E-state index contributed by atoms with van der Waals surface area (Å²) in [6.07, 6.45) is 0.865. The van der Waals surface area contributed by atoms with Crippen molar-refractivity contribution in [3.8, 4) is 0 Å². The van der Waals surface area contributed by atoms with Gasteiger partial charge in [-0.25, -0.2) is 14.9 Å². The summed E-state index contributed by atoms with van der Waals surface area (Å²) in [5.41, 5.74) is 6.11. The van der Waals surface area contributed by atoms with Crippen molar-refractivity contribution in [3.05, 3.63) is 33.3 Å². The topological polar surface area (TPSA) is 89.6 Å². The minimum atomic E-state index is -0.198. The zero-order valence-corrected chi connectivity index (χ0v) is 12.0. The number of pyridine rings is 1. The summed E-state index contributed by atoms with van der Waals surface area (Å²) in [4.78, 5) is 15.7. The Balaban J connectivity index is 2.14. The van der Waals surface area contributed by atoms with E-state index in [0.717, 1.165) is 6.42 Å². The molecule has 2 heterocycles. The van der Waals surface area contributed by atoms with Crippen LogP contribution in [0.2, 0.25) is 5.02 Å². The van der Waals surface area contributed by atoms with Crippen molar-refractivity contribution in [2.45, 2.75) is 30.8 Å². The highest BCUT2D eigenvalue weighted by atomic mass is 35.5. The fraction of sp³-hybridized carbons (Fsp3) is 0.364. The Hall–Kier alpha value is -1.47. The zero-order valence-electron chi connectivity index (χ0n) is 10.4. The summed E-state index contributed by atoms with van der Waals surface area (Å²) in [5, 5.41) is 7.62. The van der Waals surface area contributed by atoms with Crippen molar-refractivity contribution in [2.24, 2.45) is 0 Å². The molecule has 6 nitrogen and oxygen atoms in total. The van der Waals surface area contributed by atoms with Gasteiger partial charge in [0.2, 0.25) is 0 Å². The Kier molecular flexibility index (Phi) is 4.49. The molecule has 0 spiro atoms.